The molecule has 1 saturated carbocycles. The predicted molar refractivity (Wildman–Crippen MR) is 117 cm³/mol. The molecular formula is C24H36FNO5. The Kier molecular flexibility index (Phi) is 8.71. The van der Waals surface area contributed by atoms with Gasteiger partial charge in [0.05, 0.1) is 7.11 Å². The van der Waals surface area contributed by atoms with Gasteiger partial charge in [-0.3, -0.25) is 0 Å². The molecule has 1 amide bonds. The summed E-state index contributed by atoms with van der Waals surface area (Å²) < 4.78 is 30.2. The first-order chi connectivity index (χ1) is 14.5. The van der Waals surface area contributed by atoms with Crippen LogP contribution in [0.2, 0.25) is 0 Å². The summed E-state index contributed by atoms with van der Waals surface area (Å²) in [6, 6.07) is 3.64. The van der Waals surface area contributed by atoms with Gasteiger partial charge < -0.3 is 19.5 Å². The maximum atomic E-state index is 13.8. The zero-order valence-corrected chi connectivity index (χ0v) is 19.5. The number of nitrogens with one attached hydrogen (secondary N) is 1. The van der Waals surface area contributed by atoms with Crippen LogP contribution in [-0.2, 0) is 14.3 Å². The first-order valence-corrected chi connectivity index (χ1v) is 11.0. The van der Waals surface area contributed by atoms with Crippen LogP contribution in [0.5, 0.6) is 5.75 Å². The van der Waals surface area contributed by atoms with Crippen LogP contribution in [0.4, 0.5) is 9.18 Å². The maximum Gasteiger partial charge on any atom is 0.408 e. The van der Waals surface area contributed by atoms with Crippen molar-refractivity contribution >= 4 is 12.1 Å². The van der Waals surface area contributed by atoms with Crippen molar-refractivity contribution in [2.75, 3.05) is 7.11 Å². The maximum absolute atomic E-state index is 13.8. The number of carbonyl (C=O) groups excluding carboxylic acids is 2. The van der Waals surface area contributed by atoms with E-state index in [-0.39, 0.29) is 11.7 Å². The van der Waals surface area contributed by atoms with E-state index in [1.807, 2.05) is 6.92 Å². The summed E-state index contributed by atoms with van der Waals surface area (Å²) >= 11 is 0. The van der Waals surface area contributed by atoms with Gasteiger partial charge in [-0.05, 0) is 59.4 Å². The van der Waals surface area contributed by atoms with E-state index in [1.165, 1.54) is 25.7 Å². The third-order valence-corrected chi connectivity index (χ3v) is 5.61. The van der Waals surface area contributed by atoms with E-state index < -0.39 is 29.8 Å². The lowest BCUT2D eigenvalue weighted by Crippen LogP contribution is -2.44. The first-order valence-electron chi connectivity index (χ1n) is 11.0. The molecule has 1 N–H and O–H groups in total. The molecule has 1 aliphatic carbocycles. The zero-order valence-electron chi connectivity index (χ0n) is 19.5. The Morgan fingerprint density at radius 3 is 2.35 bits per heavy atom. The van der Waals surface area contributed by atoms with E-state index in [9.17, 15) is 14.0 Å². The number of ether oxygens (including phenoxy) is 3. The molecule has 3 atom stereocenters. The Hall–Kier alpha value is -2.31. The van der Waals surface area contributed by atoms with Gasteiger partial charge in [-0.1, -0.05) is 25.3 Å². The van der Waals surface area contributed by atoms with Crippen LogP contribution < -0.4 is 10.1 Å². The second-order valence-electron chi connectivity index (χ2n) is 9.32. The summed E-state index contributed by atoms with van der Waals surface area (Å²) in [4.78, 5) is 24.7. The van der Waals surface area contributed by atoms with Crippen LogP contribution in [0.25, 0.3) is 0 Å². The molecule has 0 radical (unpaired) electrons. The Labute approximate surface area is 184 Å². The Balaban J connectivity index is 2.17. The highest BCUT2D eigenvalue weighted by atomic mass is 19.1. The highest BCUT2D eigenvalue weighted by Crippen LogP contribution is 2.42. The Bertz CT molecular complexity index is 755. The Morgan fingerprint density at radius 2 is 1.77 bits per heavy atom. The third-order valence-electron chi connectivity index (χ3n) is 5.61. The van der Waals surface area contributed by atoms with Gasteiger partial charge >= 0.3 is 12.1 Å². The van der Waals surface area contributed by atoms with E-state index in [1.54, 1.807) is 33.8 Å². The van der Waals surface area contributed by atoms with Gasteiger partial charge in [0.1, 0.15) is 29.3 Å². The molecule has 174 valence electrons. The van der Waals surface area contributed by atoms with Crippen LogP contribution in [-0.4, -0.2) is 36.9 Å². The van der Waals surface area contributed by atoms with E-state index >= 15 is 0 Å². The number of methoxy groups -OCH3 is 1. The van der Waals surface area contributed by atoms with Gasteiger partial charge in [-0.2, -0.15) is 0 Å². The molecule has 1 fully saturated rings. The van der Waals surface area contributed by atoms with E-state index in [0.717, 1.165) is 31.2 Å². The number of halogens is 1. The molecule has 6 nitrogen and oxygen atoms in total. The SMILES string of the molecule is COc1cc(F)ccc1[C@H](C1CCCCC1)[C@H](C)OC(=O)[C@H](C)NC(=O)OC(C)(C)C. The van der Waals surface area contributed by atoms with Crippen molar-refractivity contribution in [3.05, 3.63) is 29.6 Å². The van der Waals surface area contributed by atoms with Crippen molar-refractivity contribution in [3.8, 4) is 5.75 Å². The number of amides is 1. The van der Waals surface area contributed by atoms with Crippen molar-refractivity contribution in [1.29, 1.82) is 0 Å². The lowest BCUT2D eigenvalue weighted by molar-refractivity contribution is -0.152. The lowest BCUT2D eigenvalue weighted by atomic mass is 9.74. The van der Waals surface area contributed by atoms with Gasteiger partial charge in [-0.15, -0.1) is 0 Å². The number of hydrogen-bond donors (Lipinski definition) is 1. The molecule has 0 spiro atoms. The molecule has 0 bridgehead atoms. The van der Waals surface area contributed by atoms with Gasteiger partial charge in [0.25, 0.3) is 0 Å². The number of rotatable bonds is 7. The van der Waals surface area contributed by atoms with Crippen molar-refractivity contribution in [1.82, 2.24) is 5.32 Å². The standard InChI is InChI=1S/C24H36FNO5/c1-15(26-23(28)31-24(3,4)5)22(27)30-16(2)21(17-10-8-7-9-11-17)19-13-12-18(25)14-20(19)29-6/h12-17,21H,7-11H2,1-6H3,(H,26,28)/t15-,16-,21-/m0/s1. The molecule has 0 heterocycles. The molecule has 1 aromatic carbocycles. The molecule has 0 aromatic heterocycles. The first kappa shape index (κ1) is 25.0. The second-order valence-corrected chi connectivity index (χ2v) is 9.32. The number of carbonyl (C=O) groups is 2. The molecule has 7 heteroatoms. The summed E-state index contributed by atoms with van der Waals surface area (Å²) in [7, 11) is 1.51. The van der Waals surface area contributed by atoms with Crippen molar-refractivity contribution in [2.24, 2.45) is 5.92 Å². The minimum atomic E-state index is -0.862. The molecule has 2 rings (SSSR count). The zero-order chi connectivity index (χ0) is 23.2. The second kappa shape index (κ2) is 10.8. The summed E-state index contributed by atoms with van der Waals surface area (Å²) in [5, 5.41) is 2.52. The van der Waals surface area contributed by atoms with E-state index in [4.69, 9.17) is 14.2 Å². The molecule has 31 heavy (non-hydrogen) atoms. The van der Waals surface area contributed by atoms with E-state index in [2.05, 4.69) is 5.32 Å². The quantitative estimate of drug-likeness (QED) is 0.583. The molecule has 0 aliphatic heterocycles. The summed E-state index contributed by atoms with van der Waals surface area (Å²) in [5.74, 6) is -0.292. The monoisotopic (exact) mass is 437 g/mol. The fourth-order valence-electron chi connectivity index (χ4n) is 4.25. The fourth-order valence-corrected chi connectivity index (χ4v) is 4.25. The summed E-state index contributed by atoms with van der Waals surface area (Å²) in [6.45, 7) is 8.67. The topological polar surface area (TPSA) is 73.9 Å². The smallest absolute Gasteiger partial charge is 0.408 e. The van der Waals surface area contributed by atoms with Gasteiger partial charge in [0.15, 0.2) is 0 Å². The highest BCUT2D eigenvalue weighted by molar-refractivity contribution is 5.81. The lowest BCUT2D eigenvalue weighted by Gasteiger charge is -2.35. The van der Waals surface area contributed by atoms with Crippen LogP contribution >= 0.6 is 0 Å². The summed E-state index contributed by atoms with van der Waals surface area (Å²) in [6.07, 6.45) is 4.29. The van der Waals surface area contributed by atoms with Crippen molar-refractivity contribution < 1.29 is 28.2 Å². The highest BCUT2D eigenvalue weighted by Gasteiger charge is 2.35. The minimum absolute atomic E-state index is 0.131. The number of alkyl carbamates (subject to hydrolysis) is 1. The van der Waals surface area contributed by atoms with Crippen LogP contribution in [0.3, 0.4) is 0 Å². The van der Waals surface area contributed by atoms with Crippen molar-refractivity contribution in [3.63, 3.8) is 0 Å². The number of benzene rings is 1. The van der Waals surface area contributed by atoms with Crippen LogP contribution in [0, 0.1) is 11.7 Å². The molecular weight excluding hydrogens is 401 g/mol. The molecule has 1 aliphatic rings. The third kappa shape index (κ3) is 7.40. The molecule has 1 aromatic rings. The number of hydrogen-bond acceptors (Lipinski definition) is 5. The van der Waals surface area contributed by atoms with Crippen LogP contribution in [0.15, 0.2) is 18.2 Å². The van der Waals surface area contributed by atoms with Gasteiger partial charge in [0.2, 0.25) is 0 Å². The van der Waals surface area contributed by atoms with Crippen LogP contribution in [0.1, 0.15) is 78.2 Å². The predicted octanol–water partition coefficient (Wildman–Crippen LogP) is 5.34. The Morgan fingerprint density at radius 1 is 1.13 bits per heavy atom. The fraction of sp³-hybridized carbons (Fsp3) is 0.667. The van der Waals surface area contributed by atoms with E-state index in [0.29, 0.717) is 11.7 Å². The van der Waals surface area contributed by atoms with Crippen molar-refractivity contribution in [2.45, 2.75) is 90.4 Å². The summed E-state index contributed by atoms with van der Waals surface area (Å²) in [5.41, 5.74) is 0.176. The average Bonchev–Trinajstić information content (AvgIpc) is 2.68. The largest absolute Gasteiger partial charge is 0.496 e. The molecule has 0 unspecified atom stereocenters. The number of esters is 1. The average molecular weight is 438 g/mol. The normalized spacial score (nSPS) is 17.9. The van der Waals surface area contributed by atoms with Gasteiger partial charge in [0, 0.05) is 17.5 Å². The minimum Gasteiger partial charge on any atom is -0.496 e. The van der Waals surface area contributed by atoms with Gasteiger partial charge in [-0.25, -0.2) is 14.0 Å². The molecule has 0 saturated heterocycles.